The molecule has 2 N–H and O–H groups in total. The molecule has 0 bridgehead atoms. The third-order valence-electron chi connectivity index (χ3n) is 7.19. The molecule has 36 heavy (non-hydrogen) atoms. The van der Waals surface area contributed by atoms with Crippen LogP contribution in [0.4, 0.5) is 19.3 Å². The van der Waals surface area contributed by atoms with Gasteiger partial charge in [0.1, 0.15) is 12.0 Å². The number of alkyl halides is 1. The van der Waals surface area contributed by atoms with Crippen LogP contribution in [0.2, 0.25) is 0 Å². The van der Waals surface area contributed by atoms with Crippen molar-refractivity contribution in [2.45, 2.75) is 57.8 Å². The first kappa shape index (κ1) is 26.2. The summed E-state index contributed by atoms with van der Waals surface area (Å²) >= 11 is 0. The summed E-state index contributed by atoms with van der Waals surface area (Å²) in [5.74, 6) is 0.111. The number of nitrogens with zero attached hydrogens (tertiary/aromatic N) is 1. The predicted molar refractivity (Wildman–Crippen MR) is 136 cm³/mol. The summed E-state index contributed by atoms with van der Waals surface area (Å²) in [6.45, 7) is 6.00. The molecular weight excluding hydrogens is 464 g/mol. The number of anilines is 1. The zero-order valence-electron chi connectivity index (χ0n) is 20.9. The number of Topliss-reactive ketones (excluding diaryl/α,β-unsaturated/α-hetero) is 1. The highest BCUT2D eigenvalue weighted by atomic mass is 19.1. The summed E-state index contributed by atoms with van der Waals surface area (Å²) in [6, 6.07) is 10.3. The summed E-state index contributed by atoms with van der Waals surface area (Å²) in [6.07, 6.45) is 1.56. The number of carbonyl (C=O) groups is 2. The molecule has 4 atom stereocenters. The van der Waals surface area contributed by atoms with Gasteiger partial charge in [-0.1, -0.05) is 18.2 Å². The predicted octanol–water partition coefficient (Wildman–Crippen LogP) is 4.91. The molecule has 2 aromatic carbocycles. The minimum atomic E-state index is -1.21. The molecule has 2 aliphatic rings. The Hall–Kier alpha value is -2.84. The Morgan fingerprint density at radius 1 is 1.17 bits per heavy atom. The molecule has 2 aromatic rings. The Kier molecular flexibility index (Phi) is 8.69. The average Bonchev–Trinajstić information content (AvgIpc) is 2.83. The molecule has 0 radical (unpaired) electrons. The second kappa shape index (κ2) is 11.9. The number of hydrogen-bond donors (Lipinski definition) is 2. The van der Waals surface area contributed by atoms with Crippen LogP contribution in [0.25, 0.3) is 0 Å². The van der Waals surface area contributed by atoms with Crippen molar-refractivity contribution in [3.63, 3.8) is 0 Å². The quantitative estimate of drug-likeness (QED) is 0.531. The van der Waals surface area contributed by atoms with Crippen LogP contribution in [-0.2, 0) is 11.2 Å². The van der Waals surface area contributed by atoms with Gasteiger partial charge in [-0.25, -0.2) is 13.6 Å². The van der Waals surface area contributed by atoms with Crippen LogP contribution in [0, 0.1) is 18.7 Å². The third-order valence-corrected chi connectivity index (χ3v) is 7.19. The standard InChI is InChI=1S/C28H35F2N3O3/c1-18-13-23(29)9-8-21(18)14-20-5-4-11-33(16-20)17-26-27(25(30)10-12-36-26)32-28(35)31-24-7-3-6-22(15-24)19(2)34/h3,6-9,13,15,20,25-27H,4-5,10-12,14,16-17H2,1-2H3,(H2,31,32,35). The second-order valence-electron chi connectivity index (χ2n) is 10.0. The lowest BCUT2D eigenvalue weighted by Crippen LogP contribution is -2.58. The Labute approximate surface area is 211 Å². The van der Waals surface area contributed by atoms with Gasteiger partial charge in [-0.05, 0) is 81.0 Å². The van der Waals surface area contributed by atoms with Gasteiger partial charge in [0, 0.05) is 37.4 Å². The number of urea groups is 1. The van der Waals surface area contributed by atoms with E-state index in [-0.39, 0.29) is 18.0 Å². The molecule has 2 fully saturated rings. The summed E-state index contributed by atoms with van der Waals surface area (Å²) in [7, 11) is 0. The van der Waals surface area contributed by atoms with Crippen molar-refractivity contribution >= 4 is 17.5 Å². The van der Waals surface area contributed by atoms with E-state index in [1.54, 1.807) is 30.3 Å². The number of benzene rings is 2. The van der Waals surface area contributed by atoms with Gasteiger partial charge in [0.2, 0.25) is 0 Å². The molecule has 0 aromatic heterocycles. The molecule has 0 saturated carbocycles. The maximum atomic E-state index is 14.9. The highest BCUT2D eigenvalue weighted by molar-refractivity contribution is 5.96. The van der Waals surface area contributed by atoms with E-state index in [4.69, 9.17) is 4.74 Å². The van der Waals surface area contributed by atoms with E-state index in [0.29, 0.717) is 30.3 Å². The maximum Gasteiger partial charge on any atom is 0.319 e. The molecular formula is C28H35F2N3O3. The first-order valence-corrected chi connectivity index (χ1v) is 12.7. The molecule has 0 spiro atoms. The van der Waals surface area contributed by atoms with Crippen molar-refractivity contribution in [1.82, 2.24) is 10.2 Å². The largest absolute Gasteiger partial charge is 0.375 e. The first-order valence-electron chi connectivity index (χ1n) is 12.7. The molecule has 0 aliphatic carbocycles. The number of ether oxygens (including phenoxy) is 1. The van der Waals surface area contributed by atoms with Crippen LogP contribution in [0.15, 0.2) is 42.5 Å². The number of amides is 2. The zero-order chi connectivity index (χ0) is 25.7. The second-order valence-corrected chi connectivity index (χ2v) is 10.0. The summed E-state index contributed by atoms with van der Waals surface area (Å²) in [5, 5.41) is 5.48. The van der Waals surface area contributed by atoms with Crippen LogP contribution < -0.4 is 10.6 Å². The van der Waals surface area contributed by atoms with Gasteiger partial charge in [0.15, 0.2) is 5.78 Å². The summed E-state index contributed by atoms with van der Waals surface area (Å²) in [4.78, 5) is 26.6. The summed E-state index contributed by atoms with van der Waals surface area (Å²) < 4.78 is 34.4. The minimum absolute atomic E-state index is 0.0990. The van der Waals surface area contributed by atoms with E-state index in [1.807, 2.05) is 13.0 Å². The van der Waals surface area contributed by atoms with E-state index in [1.165, 1.54) is 13.0 Å². The highest BCUT2D eigenvalue weighted by Crippen LogP contribution is 2.25. The first-order chi connectivity index (χ1) is 17.3. The third kappa shape index (κ3) is 6.89. The number of rotatable bonds is 7. The van der Waals surface area contributed by atoms with Gasteiger partial charge in [-0.15, -0.1) is 0 Å². The van der Waals surface area contributed by atoms with Gasteiger partial charge in [-0.3, -0.25) is 4.79 Å². The van der Waals surface area contributed by atoms with Crippen molar-refractivity contribution in [2.75, 3.05) is 31.6 Å². The maximum absolute atomic E-state index is 14.9. The van der Waals surface area contributed by atoms with E-state index in [2.05, 4.69) is 15.5 Å². The van der Waals surface area contributed by atoms with Crippen LogP contribution >= 0.6 is 0 Å². The molecule has 6 nitrogen and oxygen atoms in total. The molecule has 8 heteroatoms. The lowest BCUT2D eigenvalue weighted by Gasteiger charge is -2.40. The molecule has 2 heterocycles. The molecule has 4 unspecified atom stereocenters. The van der Waals surface area contributed by atoms with Crippen molar-refractivity contribution in [1.29, 1.82) is 0 Å². The lowest BCUT2D eigenvalue weighted by molar-refractivity contribution is -0.0599. The fourth-order valence-electron chi connectivity index (χ4n) is 5.27. The normalized spacial score (nSPS) is 24.8. The molecule has 194 valence electrons. The molecule has 2 saturated heterocycles. The average molecular weight is 500 g/mol. The SMILES string of the molecule is CC(=O)c1cccc(NC(=O)NC2C(F)CCOC2CN2CCCC(Cc3ccc(F)cc3C)C2)c1. The number of piperidine rings is 1. The Morgan fingerprint density at radius 2 is 2.00 bits per heavy atom. The van der Waals surface area contributed by atoms with Gasteiger partial charge >= 0.3 is 6.03 Å². The highest BCUT2D eigenvalue weighted by Gasteiger charge is 2.37. The lowest BCUT2D eigenvalue weighted by atomic mass is 9.89. The zero-order valence-corrected chi connectivity index (χ0v) is 20.9. The van der Waals surface area contributed by atoms with Crippen LogP contribution in [0.1, 0.15) is 47.7 Å². The van der Waals surface area contributed by atoms with Crippen molar-refractivity contribution in [3.05, 3.63) is 65.0 Å². The van der Waals surface area contributed by atoms with E-state index < -0.39 is 24.3 Å². The van der Waals surface area contributed by atoms with Gasteiger partial charge in [0.25, 0.3) is 0 Å². The van der Waals surface area contributed by atoms with Crippen molar-refractivity contribution in [3.8, 4) is 0 Å². The Morgan fingerprint density at radius 3 is 2.78 bits per heavy atom. The van der Waals surface area contributed by atoms with Crippen molar-refractivity contribution < 1.29 is 23.1 Å². The topological polar surface area (TPSA) is 70.7 Å². The van der Waals surface area contributed by atoms with E-state index >= 15 is 0 Å². The number of nitrogens with one attached hydrogen (secondary N) is 2. The monoisotopic (exact) mass is 499 g/mol. The minimum Gasteiger partial charge on any atom is -0.375 e. The van der Waals surface area contributed by atoms with Crippen LogP contribution in [0.3, 0.4) is 0 Å². The van der Waals surface area contributed by atoms with E-state index in [9.17, 15) is 18.4 Å². The number of carbonyl (C=O) groups excluding carboxylic acids is 2. The van der Waals surface area contributed by atoms with E-state index in [0.717, 1.165) is 43.5 Å². The number of hydrogen-bond acceptors (Lipinski definition) is 4. The van der Waals surface area contributed by atoms with Gasteiger partial charge in [0.05, 0.1) is 12.1 Å². The molecule has 2 amide bonds. The summed E-state index contributed by atoms with van der Waals surface area (Å²) in [5.41, 5.74) is 3.09. The van der Waals surface area contributed by atoms with Crippen LogP contribution in [-0.4, -0.2) is 61.3 Å². The van der Waals surface area contributed by atoms with Crippen LogP contribution in [0.5, 0.6) is 0 Å². The smallest absolute Gasteiger partial charge is 0.319 e. The number of halogens is 2. The molecule has 4 rings (SSSR count). The Balaban J connectivity index is 1.35. The van der Waals surface area contributed by atoms with Gasteiger partial charge < -0.3 is 20.3 Å². The number of ketones is 1. The van der Waals surface area contributed by atoms with Crippen molar-refractivity contribution in [2.24, 2.45) is 5.92 Å². The fourth-order valence-corrected chi connectivity index (χ4v) is 5.27. The van der Waals surface area contributed by atoms with Gasteiger partial charge in [-0.2, -0.15) is 0 Å². The number of likely N-dealkylation sites (tertiary alicyclic amines) is 1. The molecule has 2 aliphatic heterocycles. The Bertz CT molecular complexity index is 1080. The fraction of sp³-hybridized carbons (Fsp3) is 0.500. The number of aryl methyl sites for hydroxylation is 1.